The van der Waals surface area contributed by atoms with E-state index in [1.54, 1.807) is 20.3 Å². The molecule has 1 aliphatic heterocycles. The van der Waals surface area contributed by atoms with Crippen LogP contribution in [-0.4, -0.2) is 79.0 Å². The fourth-order valence-corrected chi connectivity index (χ4v) is 3.04. The molecule has 7 heteroatoms. The van der Waals surface area contributed by atoms with Crippen molar-refractivity contribution < 1.29 is 9.59 Å². The third-order valence-corrected chi connectivity index (χ3v) is 4.90. The molecule has 0 aromatic carbocycles. The third-order valence-electron chi connectivity index (χ3n) is 4.90. The van der Waals surface area contributed by atoms with Crippen LogP contribution in [0.15, 0.2) is 18.3 Å². The molecule has 2 heterocycles. The minimum Gasteiger partial charge on any atom is -0.369 e. The summed E-state index contributed by atoms with van der Waals surface area (Å²) in [6.45, 7) is 5.31. The zero-order valence-corrected chi connectivity index (χ0v) is 15.2. The van der Waals surface area contributed by atoms with E-state index in [0.717, 1.165) is 44.7 Å². The number of hydrogen-bond acceptors (Lipinski definition) is 5. The lowest BCUT2D eigenvalue weighted by Gasteiger charge is -2.38. The van der Waals surface area contributed by atoms with Crippen LogP contribution in [0.5, 0.6) is 0 Å². The van der Waals surface area contributed by atoms with Crippen LogP contribution in [0.4, 0.5) is 5.69 Å². The van der Waals surface area contributed by atoms with Gasteiger partial charge in [-0.15, -0.1) is 0 Å². The highest BCUT2D eigenvalue weighted by Gasteiger charge is 2.30. The van der Waals surface area contributed by atoms with Gasteiger partial charge in [-0.3, -0.25) is 19.5 Å². The Balaban J connectivity index is 1.57. The first kappa shape index (κ1) is 17.7. The van der Waals surface area contributed by atoms with Gasteiger partial charge < -0.3 is 15.1 Å². The average molecular weight is 345 g/mol. The Morgan fingerprint density at radius 2 is 1.92 bits per heavy atom. The van der Waals surface area contributed by atoms with Crippen molar-refractivity contribution in [2.24, 2.45) is 0 Å². The second-order valence-electron chi connectivity index (χ2n) is 7.08. The lowest BCUT2D eigenvalue weighted by atomic mass is 10.2. The zero-order chi connectivity index (χ0) is 18.0. The normalized spacial score (nSPS) is 19.4. The lowest BCUT2D eigenvalue weighted by Crippen LogP contribution is -2.54. The largest absolute Gasteiger partial charge is 0.369 e. The fourth-order valence-electron chi connectivity index (χ4n) is 3.04. The van der Waals surface area contributed by atoms with E-state index in [2.05, 4.69) is 20.1 Å². The number of rotatable bonds is 5. The summed E-state index contributed by atoms with van der Waals surface area (Å²) in [7, 11) is 3.45. The second kappa shape index (κ2) is 7.39. The molecule has 25 heavy (non-hydrogen) atoms. The van der Waals surface area contributed by atoms with Gasteiger partial charge >= 0.3 is 0 Å². The Morgan fingerprint density at radius 1 is 1.24 bits per heavy atom. The molecule has 1 saturated heterocycles. The molecular weight excluding hydrogens is 318 g/mol. The van der Waals surface area contributed by atoms with Gasteiger partial charge in [0.25, 0.3) is 5.91 Å². The lowest BCUT2D eigenvalue weighted by molar-refractivity contribution is -0.126. The van der Waals surface area contributed by atoms with Crippen molar-refractivity contribution in [2.45, 2.75) is 31.8 Å². The van der Waals surface area contributed by atoms with E-state index in [-0.39, 0.29) is 17.9 Å². The number of carbonyl (C=O) groups is 2. The van der Waals surface area contributed by atoms with Crippen molar-refractivity contribution >= 4 is 17.5 Å². The molecule has 1 aromatic heterocycles. The predicted octanol–water partition coefficient (Wildman–Crippen LogP) is 0.573. The number of carbonyl (C=O) groups excluding carboxylic acids is 2. The Labute approximate surface area is 149 Å². The number of anilines is 1. The summed E-state index contributed by atoms with van der Waals surface area (Å²) >= 11 is 0. The van der Waals surface area contributed by atoms with Gasteiger partial charge in [-0.2, -0.15) is 0 Å². The SMILES string of the molecule is CC(C(=O)NC1CC1)N1CCN(c2ccnc(C(=O)N(C)C)c2)CC1. The van der Waals surface area contributed by atoms with Crippen LogP contribution in [0.3, 0.4) is 0 Å². The minimum atomic E-state index is -0.0918. The highest BCUT2D eigenvalue weighted by molar-refractivity contribution is 5.92. The first-order chi connectivity index (χ1) is 12.0. The maximum atomic E-state index is 12.2. The van der Waals surface area contributed by atoms with Crippen molar-refractivity contribution in [3.63, 3.8) is 0 Å². The Hall–Kier alpha value is -2.15. The van der Waals surface area contributed by atoms with E-state index in [1.807, 2.05) is 19.1 Å². The van der Waals surface area contributed by atoms with E-state index in [0.29, 0.717) is 11.7 Å². The molecule has 1 aliphatic carbocycles. The molecule has 7 nitrogen and oxygen atoms in total. The number of hydrogen-bond donors (Lipinski definition) is 1. The number of pyridine rings is 1. The van der Waals surface area contributed by atoms with E-state index in [1.165, 1.54) is 4.90 Å². The molecule has 3 rings (SSSR count). The van der Waals surface area contributed by atoms with Gasteiger partial charge in [0.15, 0.2) is 0 Å². The van der Waals surface area contributed by atoms with Crippen LogP contribution in [0.2, 0.25) is 0 Å². The van der Waals surface area contributed by atoms with Crippen LogP contribution in [-0.2, 0) is 4.79 Å². The molecule has 136 valence electrons. The summed E-state index contributed by atoms with van der Waals surface area (Å²) in [6, 6.07) is 4.10. The fraction of sp³-hybridized carbons (Fsp3) is 0.611. The molecule has 0 radical (unpaired) electrons. The van der Waals surface area contributed by atoms with Crippen molar-refractivity contribution in [1.29, 1.82) is 0 Å². The van der Waals surface area contributed by atoms with Crippen LogP contribution in [0, 0.1) is 0 Å². The van der Waals surface area contributed by atoms with E-state index >= 15 is 0 Å². The van der Waals surface area contributed by atoms with Gasteiger partial charge in [0.1, 0.15) is 5.69 Å². The topological polar surface area (TPSA) is 68.8 Å². The van der Waals surface area contributed by atoms with Crippen molar-refractivity contribution in [3.8, 4) is 0 Å². The Bertz CT molecular complexity index is 636. The monoisotopic (exact) mass is 345 g/mol. The van der Waals surface area contributed by atoms with Crippen LogP contribution in [0.1, 0.15) is 30.3 Å². The summed E-state index contributed by atoms with van der Waals surface area (Å²) in [5.74, 6) is 0.0459. The van der Waals surface area contributed by atoms with Gasteiger partial charge in [-0.25, -0.2) is 0 Å². The smallest absolute Gasteiger partial charge is 0.272 e. The number of amides is 2. The first-order valence-corrected chi connectivity index (χ1v) is 8.93. The molecule has 1 saturated carbocycles. The van der Waals surface area contributed by atoms with Crippen molar-refractivity contribution in [3.05, 3.63) is 24.0 Å². The minimum absolute atomic E-state index is 0.0916. The first-order valence-electron chi connectivity index (χ1n) is 8.93. The number of nitrogens with one attached hydrogen (secondary N) is 1. The maximum absolute atomic E-state index is 12.2. The Kier molecular flexibility index (Phi) is 5.22. The number of aromatic nitrogens is 1. The summed E-state index contributed by atoms with van der Waals surface area (Å²) in [6.07, 6.45) is 3.91. The van der Waals surface area contributed by atoms with Gasteiger partial charge in [0, 0.05) is 58.2 Å². The molecule has 0 spiro atoms. The van der Waals surface area contributed by atoms with Gasteiger partial charge in [-0.1, -0.05) is 0 Å². The standard InChI is InChI=1S/C18H27N5O2/c1-13(17(24)20-14-4-5-14)22-8-10-23(11-9-22)15-6-7-19-16(12-15)18(25)21(2)3/h6-7,12-14H,4-5,8-11H2,1-3H3,(H,20,24). The molecule has 2 fully saturated rings. The number of nitrogens with zero attached hydrogens (tertiary/aromatic N) is 4. The third kappa shape index (κ3) is 4.28. The number of piperazine rings is 1. The summed E-state index contributed by atoms with van der Waals surface area (Å²) in [5.41, 5.74) is 1.47. The van der Waals surface area contributed by atoms with Crippen molar-refractivity contribution in [1.82, 2.24) is 20.1 Å². The maximum Gasteiger partial charge on any atom is 0.272 e. The van der Waals surface area contributed by atoms with Crippen molar-refractivity contribution in [2.75, 3.05) is 45.2 Å². The Morgan fingerprint density at radius 3 is 2.52 bits per heavy atom. The second-order valence-corrected chi connectivity index (χ2v) is 7.08. The van der Waals surface area contributed by atoms with Gasteiger partial charge in [-0.05, 0) is 31.9 Å². The molecule has 2 amide bonds. The molecular formula is C18H27N5O2. The van der Waals surface area contributed by atoms with E-state index in [9.17, 15) is 9.59 Å². The average Bonchev–Trinajstić information content (AvgIpc) is 3.44. The van der Waals surface area contributed by atoms with E-state index < -0.39 is 0 Å². The summed E-state index contributed by atoms with van der Waals surface area (Å²) in [4.78, 5) is 34.5. The van der Waals surface area contributed by atoms with E-state index in [4.69, 9.17) is 0 Å². The highest BCUT2D eigenvalue weighted by Crippen LogP contribution is 2.20. The van der Waals surface area contributed by atoms with Gasteiger partial charge in [0.2, 0.25) is 5.91 Å². The van der Waals surface area contributed by atoms with Crippen LogP contribution in [0.25, 0.3) is 0 Å². The predicted molar refractivity (Wildman–Crippen MR) is 96.7 cm³/mol. The molecule has 1 unspecified atom stereocenters. The zero-order valence-electron chi connectivity index (χ0n) is 15.2. The molecule has 2 aliphatic rings. The molecule has 1 N–H and O–H groups in total. The molecule has 1 atom stereocenters. The molecule has 0 bridgehead atoms. The van der Waals surface area contributed by atoms with Crippen LogP contribution < -0.4 is 10.2 Å². The summed E-state index contributed by atoms with van der Waals surface area (Å²) in [5, 5.41) is 3.08. The summed E-state index contributed by atoms with van der Waals surface area (Å²) < 4.78 is 0. The molecule has 1 aromatic rings. The quantitative estimate of drug-likeness (QED) is 0.845. The van der Waals surface area contributed by atoms with Crippen LogP contribution >= 0.6 is 0 Å². The highest BCUT2D eigenvalue weighted by atomic mass is 16.2. The van der Waals surface area contributed by atoms with Gasteiger partial charge in [0.05, 0.1) is 6.04 Å².